The number of hydrogen-bond donors (Lipinski definition) is 2. The van der Waals surface area contributed by atoms with Crippen molar-refractivity contribution in [1.82, 2.24) is 24.7 Å². The number of rotatable bonds is 5. The maximum absolute atomic E-state index is 12.4. The summed E-state index contributed by atoms with van der Waals surface area (Å²) in [7, 11) is 2.17. The number of carbonyl (C=O) groups is 1. The number of likely N-dealkylation sites (tertiary alicyclic amines) is 1. The van der Waals surface area contributed by atoms with E-state index in [0.29, 0.717) is 25.5 Å². The Balaban J connectivity index is 0.000000191. The molecule has 3 aliphatic heterocycles. The highest BCUT2D eigenvalue weighted by molar-refractivity contribution is 5.69. The fourth-order valence-corrected chi connectivity index (χ4v) is 4.46. The molecule has 9 nitrogen and oxygen atoms in total. The molecular formula is C22H35F3N6O3. The molecule has 4 heterocycles. The van der Waals surface area contributed by atoms with Gasteiger partial charge in [-0.3, -0.25) is 19.6 Å². The van der Waals surface area contributed by atoms with Gasteiger partial charge in [-0.1, -0.05) is 0 Å². The molecule has 2 N–H and O–H groups in total. The third-order valence-electron chi connectivity index (χ3n) is 6.41. The number of likely N-dealkylation sites (N-methyl/N-ethyl adjacent to an activating group) is 1. The molecule has 3 fully saturated rings. The van der Waals surface area contributed by atoms with E-state index in [1.165, 1.54) is 19.3 Å². The Morgan fingerprint density at radius 2 is 1.85 bits per heavy atom. The van der Waals surface area contributed by atoms with Gasteiger partial charge in [-0.25, -0.2) is 4.98 Å². The molecule has 0 radical (unpaired) electrons. The number of piperidine rings is 1. The highest BCUT2D eigenvalue weighted by Gasteiger charge is 2.33. The molecule has 1 aromatic rings. The number of carboxylic acids is 1. The van der Waals surface area contributed by atoms with Gasteiger partial charge >= 0.3 is 12.1 Å². The first-order valence-electron chi connectivity index (χ1n) is 11.8. The molecule has 0 aliphatic carbocycles. The van der Waals surface area contributed by atoms with E-state index in [4.69, 9.17) is 9.84 Å². The lowest BCUT2D eigenvalue weighted by Gasteiger charge is -2.41. The van der Waals surface area contributed by atoms with Gasteiger partial charge in [0.15, 0.2) is 5.69 Å². The van der Waals surface area contributed by atoms with Crippen LogP contribution in [0.1, 0.15) is 31.4 Å². The largest absolute Gasteiger partial charge is 0.480 e. The molecule has 0 aromatic carbocycles. The van der Waals surface area contributed by atoms with Gasteiger partial charge in [0.1, 0.15) is 5.82 Å². The Morgan fingerprint density at radius 3 is 2.44 bits per heavy atom. The van der Waals surface area contributed by atoms with Crippen molar-refractivity contribution < 1.29 is 27.8 Å². The van der Waals surface area contributed by atoms with Crippen molar-refractivity contribution in [3.8, 4) is 0 Å². The normalized spacial score (nSPS) is 23.7. The van der Waals surface area contributed by atoms with Crippen LogP contribution < -0.4 is 5.32 Å². The molecule has 3 saturated heterocycles. The van der Waals surface area contributed by atoms with Crippen molar-refractivity contribution in [3.63, 3.8) is 0 Å². The zero-order valence-electron chi connectivity index (χ0n) is 19.6. The van der Waals surface area contributed by atoms with Crippen LogP contribution in [0.4, 0.5) is 19.0 Å². The second-order valence-corrected chi connectivity index (χ2v) is 9.09. The molecule has 0 saturated carbocycles. The Labute approximate surface area is 198 Å². The molecule has 3 aliphatic rings. The maximum atomic E-state index is 12.4. The second kappa shape index (κ2) is 12.6. The number of alkyl halides is 3. The van der Waals surface area contributed by atoms with Crippen molar-refractivity contribution in [2.45, 2.75) is 43.9 Å². The van der Waals surface area contributed by atoms with E-state index >= 15 is 0 Å². The summed E-state index contributed by atoms with van der Waals surface area (Å²) in [6.45, 7) is 7.91. The molecule has 192 valence electrons. The number of anilines is 1. The van der Waals surface area contributed by atoms with Crippen LogP contribution in [0.2, 0.25) is 0 Å². The molecule has 0 amide bonds. The maximum Gasteiger partial charge on any atom is 0.434 e. The van der Waals surface area contributed by atoms with Crippen molar-refractivity contribution >= 4 is 11.8 Å². The molecule has 12 heteroatoms. The highest BCUT2D eigenvalue weighted by Crippen LogP contribution is 2.27. The van der Waals surface area contributed by atoms with E-state index in [-0.39, 0.29) is 18.4 Å². The Bertz CT molecular complexity index is 762. The minimum absolute atomic E-state index is 0.00142. The monoisotopic (exact) mass is 488 g/mol. The van der Waals surface area contributed by atoms with Gasteiger partial charge in [0.05, 0.1) is 31.6 Å². The number of halogens is 3. The van der Waals surface area contributed by atoms with Gasteiger partial charge in [-0.2, -0.15) is 13.2 Å². The van der Waals surface area contributed by atoms with Crippen LogP contribution in [0, 0.1) is 0 Å². The van der Waals surface area contributed by atoms with Crippen LogP contribution in [0.15, 0.2) is 12.4 Å². The average Bonchev–Trinajstić information content (AvgIpc) is 2.81. The zero-order chi connectivity index (χ0) is 24.6. The van der Waals surface area contributed by atoms with Gasteiger partial charge < -0.3 is 20.1 Å². The van der Waals surface area contributed by atoms with Crippen LogP contribution in [-0.2, 0) is 15.7 Å². The summed E-state index contributed by atoms with van der Waals surface area (Å²) in [6, 6.07) is 0.676. The fourth-order valence-electron chi connectivity index (χ4n) is 4.46. The van der Waals surface area contributed by atoms with Crippen molar-refractivity contribution in [2.75, 3.05) is 71.4 Å². The number of carboxylic acid groups (broad SMARTS) is 1. The summed E-state index contributed by atoms with van der Waals surface area (Å²) in [5.41, 5.74) is -0.987. The van der Waals surface area contributed by atoms with E-state index in [9.17, 15) is 18.0 Å². The van der Waals surface area contributed by atoms with Crippen LogP contribution in [-0.4, -0.2) is 114 Å². The lowest BCUT2D eigenvalue weighted by Crippen LogP contribution is -2.52. The second-order valence-electron chi connectivity index (χ2n) is 9.09. The van der Waals surface area contributed by atoms with Gasteiger partial charge in [0.25, 0.3) is 0 Å². The lowest BCUT2D eigenvalue weighted by atomic mass is 10.0. The Kier molecular flexibility index (Phi) is 9.86. The third kappa shape index (κ3) is 8.64. The first-order chi connectivity index (χ1) is 16.2. The number of piperazine rings is 1. The number of ether oxygens (including phenoxy) is 1. The predicted molar refractivity (Wildman–Crippen MR) is 121 cm³/mol. The Hall–Kier alpha value is -2.02. The first kappa shape index (κ1) is 26.6. The van der Waals surface area contributed by atoms with Gasteiger partial charge in [-0.15, -0.1) is 0 Å². The standard InChI is InChI=1S/C12H23N3O2.C10H12F3N3O/c1-13-6-8-15(9-7-13)11-2-4-14(5-3-11)10-12(16)17;11-10(12,13)8-4-14-5-9(16-8)15-7-2-1-3-17-6-7/h11H,2-10H2,1H3,(H,16,17);4-5,7H,1-3,6H2,(H,15,16). The zero-order valence-corrected chi connectivity index (χ0v) is 19.6. The van der Waals surface area contributed by atoms with Crippen LogP contribution in [0.3, 0.4) is 0 Å². The van der Waals surface area contributed by atoms with Crippen molar-refractivity contribution in [3.05, 3.63) is 18.1 Å². The summed E-state index contributed by atoms with van der Waals surface area (Å²) in [5.74, 6) is -0.571. The first-order valence-corrected chi connectivity index (χ1v) is 11.8. The number of hydrogen-bond acceptors (Lipinski definition) is 8. The number of nitrogens with one attached hydrogen (secondary N) is 1. The highest BCUT2D eigenvalue weighted by atomic mass is 19.4. The summed E-state index contributed by atoms with van der Waals surface area (Å²) in [5, 5.41) is 11.6. The van der Waals surface area contributed by atoms with E-state index in [1.54, 1.807) is 0 Å². The van der Waals surface area contributed by atoms with E-state index in [2.05, 4.69) is 37.0 Å². The Morgan fingerprint density at radius 1 is 1.15 bits per heavy atom. The van der Waals surface area contributed by atoms with Gasteiger partial charge in [0, 0.05) is 51.9 Å². The molecule has 1 atom stereocenters. The molecule has 0 bridgehead atoms. The minimum Gasteiger partial charge on any atom is -0.480 e. The van der Waals surface area contributed by atoms with Crippen molar-refractivity contribution in [2.24, 2.45) is 0 Å². The molecular weight excluding hydrogens is 453 g/mol. The lowest BCUT2D eigenvalue weighted by molar-refractivity contribution is -0.141. The topological polar surface area (TPSA) is 94.1 Å². The minimum atomic E-state index is -4.46. The van der Waals surface area contributed by atoms with Crippen molar-refractivity contribution in [1.29, 1.82) is 0 Å². The number of aromatic nitrogens is 2. The number of nitrogens with zero attached hydrogens (tertiary/aromatic N) is 5. The van der Waals surface area contributed by atoms with Gasteiger partial charge in [-0.05, 0) is 32.7 Å². The molecule has 4 rings (SSSR count). The summed E-state index contributed by atoms with van der Waals surface area (Å²) in [4.78, 5) is 24.6. The van der Waals surface area contributed by atoms with Crippen LogP contribution >= 0.6 is 0 Å². The molecule has 34 heavy (non-hydrogen) atoms. The molecule has 1 aromatic heterocycles. The molecule has 0 spiro atoms. The van der Waals surface area contributed by atoms with Crippen LogP contribution in [0.5, 0.6) is 0 Å². The fraction of sp³-hybridized carbons (Fsp3) is 0.773. The summed E-state index contributed by atoms with van der Waals surface area (Å²) >= 11 is 0. The SMILES string of the molecule is CN1CCN(C2CCN(CC(=O)O)CC2)CC1.FC(F)(F)c1cncc(NC2CCCOC2)n1. The number of aliphatic carboxylic acids is 1. The quantitative estimate of drug-likeness (QED) is 0.644. The van der Waals surface area contributed by atoms with E-state index in [0.717, 1.165) is 51.9 Å². The third-order valence-corrected chi connectivity index (χ3v) is 6.41. The van der Waals surface area contributed by atoms with Crippen LogP contribution in [0.25, 0.3) is 0 Å². The van der Waals surface area contributed by atoms with Gasteiger partial charge in [0.2, 0.25) is 0 Å². The molecule has 1 unspecified atom stereocenters. The summed E-state index contributed by atoms with van der Waals surface area (Å²) in [6.07, 6.45) is 1.52. The average molecular weight is 489 g/mol. The van der Waals surface area contributed by atoms with E-state index < -0.39 is 17.8 Å². The van der Waals surface area contributed by atoms with E-state index in [1.807, 2.05) is 0 Å². The predicted octanol–water partition coefficient (Wildman–Crippen LogP) is 1.87. The summed E-state index contributed by atoms with van der Waals surface area (Å²) < 4.78 is 42.4. The smallest absolute Gasteiger partial charge is 0.434 e.